The molecule has 0 radical (unpaired) electrons. The van der Waals surface area contributed by atoms with Gasteiger partial charge in [-0.05, 0) is 18.9 Å². The van der Waals surface area contributed by atoms with Gasteiger partial charge in [0.05, 0.1) is 10.3 Å². The van der Waals surface area contributed by atoms with E-state index in [4.69, 9.17) is 5.11 Å². The lowest BCUT2D eigenvalue weighted by atomic mass is 10.2. The zero-order valence-corrected chi connectivity index (χ0v) is 13.2. The van der Waals surface area contributed by atoms with Gasteiger partial charge in [0, 0.05) is 19.4 Å². The van der Waals surface area contributed by atoms with Crippen molar-refractivity contribution in [2.75, 3.05) is 6.54 Å². The van der Waals surface area contributed by atoms with Crippen molar-refractivity contribution in [2.45, 2.75) is 33.1 Å². The summed E-state index contributed by atoms with van der Waals surface area (Å²) >= 11 is 1.18. The number of aliphatic carboxylic acids is 1. The molecule has 7 nitrogen and oxygen atoms in total. The van der Waals surface area contributed by atoms with E-state index in [0.717, 1.165) is 0 Å². The molecule has 0 aliphatic heterocycles. The number of hydrogen-bond donors (Lipinski definition) is 3. The van der Waals surface area contributed by atoms with Crippen LogP contribution in [0.1, 0.15) is 40.8 Å². The standard InChI is InChI=1S/C14H17N3O4S/c1-3-8-16-12(20)10-7(2)11(22-14(10)17-8)13(21)15-6-4-5-9(18)19/h3-6H2,1-2H3,(H,15,21)(H,18,19)(H,16,17,20). The van der Waals surface area contributed by atoms with Crippen LogP contribution in [0.15, 0.2) is 4.79 Å². The van der Waals surface area contributed by atoms with E-state index in [0.29, 0.717) is 39.3 Å². The van der Waals surface area contributed by atoms with Crippen molar-refractivity contribution < 1.29 is 14.7 Å². The van der Waals surface area contributed by atoms with Crippen LogP contribution in [0.4, 0.5) is 0 Å². The first-order valence-corrected chi connectivity index (χ1v) is 7.78. The third kappa shape index (κ3) is 3.33. The number of fused-ring (bicyclic) bond motifs is 1. The Morgan fingerprint density at radius 3 is 2.77 bits per heavy atom. The molecule has 1 amide bonds. The fraction of sp³-hybridized carbons (Fsp3) is 0.429. The number of carbonyl (C=O) groups excluding carboxylic acids is 1. The fourth-order valence-corrected chi connectivity index (χ4v) is 3.21. The van der Waals surface area contributed by atoms with E-state index in [-0.39, 0.29) is 24.4 Å². The Hall–Kier alpha value is -2.22. The zero-order chi connectivity index (χ0) is 16.3. The van der Waals surface area contributed by atoms with Crippen LogP contribution < -0.4 is 10.9 Å². The number of carboxylic acid groups (broad SMARTS) is 1. The Morgan fingerprint density at radius 2 is 2.14 bits per heavy atom. The first-order valence-electron chi connectivity index (χ1n) is 6.96. The minimum atomic E-state index is -0.893. The number of rotatable bonds is 6. The highest BCUT2D eigenvalue weighted by molar-refractivity contribution is 7.20. The van der Waals surface area contributed by atoms with Crippen molar-refractivity contribution in [3.63, 3.8) is 0 Å². The molecule has 0 unspecified atom stereocenters. The average molecular weight is 323 g/mol. The van der Waals surface area contributed by atoms with Gasteiger partial charge in [0.15, 0.2) is 0 Å². The summed E-state index contributed by atoms with van der Waals surface area (Å²) in [6.45, 7) is 3.89. The van der Waals surface area contributed by atoms with E-state index in [1.807, 2.05) is 6.92 Å². The molecule has 22 heavy (non-hydrogen) atoms. The first-order chi connectivity index (χ1) is 10.4. The van der Waals surface area contributed by atoms with Crippen molar-refractivity contribution in [2.24, 2.45) is 0 Å². The van der Waals surface area contributed by atoms with Crippen molar-refractivity contribution in [3.8, 4) is 0 Å². The number of carbonyl (C=O) groups is 2. The fourth-order valence-electron chi connectivity index (χ4n) is 2.09. The Bertz CT molecular complexity index is 778. The SMILES string of the molecule is CCc1nc2sc(C(=O)NCCCC(=O)O)c(C)c2c(=O)[nH]1. The topological polar surface area (TPSA) is 112 Å². The smallest absolute Gasteiger partial charge is 0.303 e. The lowest BCUT2D eigenvalue weighted by molar-refractivity contribution is -0.137. The summed E-state index contributed by atoms with van der Waals surface area (Å²) in [5.41, 5.74) is 0.368. The van der Waals surface area contributed by atoms with Crippen LogP contribution >= 0.6 is 11.3 Å². The number of H-pyrrole nitrogens is 1. The summed E-state index contributed by atoms with van der Waals surface area (Å²) in [6, 6.07) is 0. The maximum Gasteiger partial charge on any atom is 0.303 e. The summed E-state index contributed by atoms with van der Waals surface area (Å²) in [5.74, 6) is -0.606. The summed E-state index contributed by atoms with van der Waals surface area (Å²) in [7, 11) is 0. The minimum Gasteiger partial charge on any atom is -0.481 e. The Kier molecular flexibility index (Phi) is 4.92. The number of aromatic nitrogens is 2. The van der Waals surface area contributed by atoms with E-state index in [2.05, 4.69) is 15.3 Å². The summed E-state index contributed by atoms with van der Waals surface area (Å²) in [5, 5.41) is 11.7. The molecule has 0 saturated heterocycles. The van der Waals surface area contributed by atoms with E-state index in [1.165, 1.54) is 11.3 Å². The second-order valence-electron chi connectivity index (χ2n) is 4.86. The number of aromatic amines is 1. The van der Waals surface area contributed by atoms with Gasteiger partial charge < -0.3 is 15.4 Å². The molecule has 8 heteroatoms. The minimum absolute atomic E-state index is 0.00671. The number of carboxylic acids is 1. The van der Waals surface area contributed by atoms with Crippen molar-refractivity contribution in [1.82, 2.24) is 15.3 Å². The second kappa shape index (κ2) is 6.69. The van der Waals surface area contributed by atoms with Gasteiger partial charge in [-0.3, -0.25) is 14.4 Å². The maximum atomic E-state index is 12.2. The van der Waals surface area contributed by atoms with Gasteiger partial charge in [-0.1, -0.05) is 6.92 Å². The summed E-state index contributed by atoms with van der Waals surface area (Å²) in [6.07, 6.45) is 0.982. The molecule has 2 heterocycles. The molecular formula is C14H17N3O4S. The third-order valence-corrected chi connectivity index (χ3v) is 4.43. The Labute approximate surface area is 130 Å². The predicted octanol–water partition coefficient (Wildman–Crippen LogP) is 1.45. The molecule has 118 valence electrons. The molecule has 3 N–H and O–H groups in total. The van der Waals surface area contributed by atoms with Crippen LogP contribution in [0.5, 0.6) is 0 Å². The van der Waals surface area contributed by atoms with Crippen LogP contribution in [0.3, 0.4) is 0 Å². The summed E-state index contributed by atoms with van der Waals surface area (Å²) < 4.78 is 0. The Morgan fingerprint density at radius 1 is 1.41 bits per heavy atom. The molecule has 0 spiro atoms. The number of aryl methyl sites for hydroxylation is 2. The number of amides is 1. The molecule has 0 bridgehead atoms. The molecule has 0 saturated carbocycles. The van der Waals surface area contributed by atoms with Crippen LogP contribution in [0.25, 0.3) is 10.2 Å². The molecule has 2 aromatic rings. The lowest BCUT2D eigenvalue weighted by Gasteiger charge is -2.02. The van der Waals surface area contributed by atoms with Gasteiger partial charge >= 0.3 is 5.97 Å². The summed E-state index contributed by atoms with van der Waals surface area (Å²) in [4.78, 5) is 42.7. The number of nitrogens with zero attached hydrogens (tertiary/aromatic N) is 1. The highest BCUT2D eigenvalue weighted by atomic mass is 32.1. The molecule has 0 atom stereocenters. The molecule has 0 aromatic carbocycles. The normalized spacial score (nSPS) is 10.8. The van der Waals surface area contributed by atoms with Gasteiger partial charge in [-0.25, -0.2) is 4.98 Å². The zero-order valence-electron chi connectivity index (χ0n) is 12.4. The van der Waals surface area contributed by atoms with Crippen LogP contribution in [0, 0.1) is 6.92 Å². The van der Waals surface area contributed by atoms with Gasteiger partial charge in [-0.15, -0.1) is 11.3 Å². The second-order valence-corrected chi connectivity index (χ2v) is 5.85. The maximum absolute atomic E-state index is 12.2. The predicted molar refractivity (Wildman–Crippen MR) is 83.6 cm³/mol. The molecule has 0 aliphatic rings. The van der Waals surface area contributed by atoms with E-state index >= 15 is 0 Å². The molecule has 0 fully saturated rings. The number of thiophene rings is 1. The van der Waals surface area contributed by atoms with Gasteiger partial charge in [0.1, 0.15) is 10.7 Å². The van der Waals surface area contributed by atoms with Gasteiger partial charge in [-0.2, -0.15) is 0 Å². The number of nitrogens with one attached hydrogen (secondary N) is 2. The van der Waals surface area contributed by atoms with E-state index < -0.39 is 5.97 Å². The molecule has 0 aliphatic carbocycles. The highest BCUT2D eigenvalue weighted by Crippen LogP contribution is 2.26. The van der Waals surface area contributed by atoms with Crippen LogP contribution in [-0.2, 0) is 11.2 Å². The number of hydrogen-bond acceptors (Lipinski definition) is 5. The van der Waals surface area contributed by atoms with E-state index in [1.54, 1.807) is 6.92 Å². The van der Waals surface area contributed by atoms with Crippen molar-refractivity contribution in [1.29, 1.82) is 0 Å². The molecule has 2 aromatic heterocycles. The van der Waals surface area contributed by atoms with Gasteiger partial charge in [0.25, 0.3) is 11.5 Å². The largest absolute Gasteiger partial charge is 0.481 e. The van der Waals surface area contributed by atoms with Crippen LogP contribution in [0.2, 0.25) is 0 Å². The van der Waals surface area contributed by atoms with Crippen LogP contribution in [-0.4, -0.2) is 33.5 Å². The van der Waals surface area contributed by atoms with Gasteiger partial charge in [0.2, 0.25) is 0 Å². The Balaban J connectivity index is 2.23. The highest BCUT2D eigenvalue weighted by Gasteiger charge is 2.18. The first kappa shape index (κ1) is 16.2. The molecular weight excluding hydrogens is 306 g/mol. The quantitative estimate of drug-likeness (QED) is 0.697. The lowest BCUT2D eigenvalue weighted by Crippen LogP contribution is -2.24. The van der Waals surface area contributed by atoms with Crippen molar-refractivity contribution >= 4 is 33.4 Å². The average Bonchev–Trinajstić information content (AvgIpc) is 2.80. The third-order valence-electron chi connectivity index (χ3n) is 3.24. The van der Waals surface area contributed by atoms with E-state index in [9.17, 15) is 14.4 Å². The van der Waals surface area contributed by atoms with Crippen molar-refractivity contribution in [3.05, 3.63) is 26.6 Å². The monoisotopic (exact) mass is 323 g/mol. The molecule has 2 rings (SSSR count).